The number of carbonyl (C=O) groups is 1. The van der Waals surface area contributed by atoms with Crippen LogP contribution in [0.1, 0.15) is 24.8 Å². The SMILES string of the molecule is COC(=O)CCN1CCCC1Cc1ccccc1. The lowest BCUT2D eigenvalue weighted by atomic mass is 10.0. The van der Waals surface area contributed by atoms with Gasteiger partial charge < -0.3 is 4.74 Å². The van der Waals surface area contributed by atoms with E-state index in [1.165, 1.54) is 25.5 Å². The highest BCUT2D eigenvalue weighted by molar-refractivity contribution is 5.69. The van der Waals surface area contributed by atoms with Crippen LogP contribution in [0.5, 0.6) is 0 Å². The summed E-state index contributed by atoms with van der Waals surface area (Å²) >= 11 is 0. The predicted molar refractivity (Wildman–Crippen MR) is 71.4 cm³/mol. The molecule has 0 aliphatic carbocycles. The van der Waals surface area contributed by atoms with Gasteiger partial charge in [0.1, 0.15) is 0 Å². The smallest absolute Gasteiger partial charge is 0.306 e. The van der Waals surface area contributed by atoms with Gasteiger partial charge in [0.05, 0.1) is 13.5 Å². The molecule has 0 bridgehead atoms. The first-order valence-electron chi connectivity index (χ1n) is 6.64. The van der Waals surface area contributed by atoms with Crippen LogP contribution in [0.3, 0.4) is 0 Å². The van der Waals surface area contributed by atoms with Crippen LogP contribution >= 0.6 is 0 Å². The van der Waals surface area contributed by atoms with Crippen molar-refractivity contribution in [2.75, 3.05) is 20.2 Å². The number of nitrogens with zero attached hydrogens (tertiary/aromatic N) is 1. The Morgan fingerprint density at radius 2 is 2.17 bits per heavy atom. The third-order valence-electron chi connectivity index (χ3n) is 3.64. The molecule has 18 heavy (non-hydrogen) atoms. The molecule has 1 fully saturated rings. The molecule has 1 aliphatic rings. The number of esters is 1. The van der Waals surface area contributed by atoms with E-state index < -0.39 is 0 Å². The Hall–Kier alpha value is -1.35. The summed E-state index contributed by atoms with van der Waals surface area (Å²) in [6.45, 7) is 1.93. The summed E-state index contributed by atoms with van der Waals surface area (Å²) < 4.78 is 4.70. The zero-order chi connectivity index (χ0) is 12.8. The molecule has 2 rings (SSSR count). The van der Waals surface area contributed by atoms with Gasteiger partial charge in [-0.3, -0.25) is 9.69 Å². The second-order valence-corrected chi connectivity index (χ2v) is 4.85. The molecule has 0 saturated carbocycles. The summed E-state index contributed by atoms with van der Waals surface area (Å²) in [6, 6.07) is 11.2. The number of benzene rings is 1. The molecule has 1 unspecified atom stereocenters. The Kier molecular flexibility index (Phi) is 4.76. The van der Waals surface area contributed by atoms with Crippen molar-refractivity contribution in [2.45, 2.75) is 31.7 Å². The molecule has 1 saturated heterocycles. The van der Waals surface area contributed by atoms with Crippen LogP contribution in [0.2, 0.25) is 0 Å². The molecule has 0 N–H and O–H groups in total. The fourth-order valence-corrected chi connectivity index (χ4v) is 2.64. The van der Waals surface area contributed by atoms with Crippen molar-refractivity contribution < 1.29 is 9.53 Å². The van der Waals surface area contributed by atoms with E-state index in [2.05, 4.69) is 29.2 Å². The minimum atomic E-state index is -0.111. The summed E-state index contributed by atoms with van der Waals surface area (Å²) in [4.78, 5) is 13.6. The molecular formula is C15H21NO2. The van der Waals surface area contributed by atoms with Gasteiger partial charge in [0.2, 0.25) is 0 Å². The molecule has 1 aromatic carbocycles. The number of ether oxygens (including phenoxy) is 1. The Morgan fingerprint density at radius 1 is 1.39 bits per heavy atom. The third kappa shape index (κ3) is 3.57. The normalized spacial score (nSPS) is 19.9. The molecule has 98 valence electrons. The van der Waals surface area contributed by atoms with Crippen molar-refractivity contribution in [1.29, 1.82) is 0 Å². The summed E-state index contributed by atoms with van der Waals surface area (Å²) in [5.41, 5.74) is 1.38. The van der Waals surface area contributed by atoms with E-state index in [-0.39, 0.29) is 5.97 Å². The molecule has 3 heteroatoms. The van der Waals surface area contributed by atoms with Crippen molar-refractivity contribution in [3.05, 3.63) is 35.9 Å². The fraction of sp³-hybridized carbons (Fsp3) is 0.533. The van der Waals surface area contributed by atoms with E-state index in [1.807, 2.05) is 6.07 Å². The molecule has 0 aromatic heterocycles. The van der Waals surface area contributed by atoms with E-state index in [0.717, 1.165) is 19.5 Å². The summed E-state index contributed by atoms with van der Waals surface area (Å²) in [6.07, 6.45) is 4.05. The predicted octanol–water partition coefficient (Wildman–Crippen LogP) is 2.26. The van der Waals surface area contributed by atoms with Crippen LogP contribution in [0.25, 0.3) is 0 Å². The van der Waals surface area contributed by atoms with Crippen molar-refractivity contribution in [3.63, 3.8) is 0 Å². The van der Waals surface area contributed by atoms with Gasteiger partial charge in [-0.1, -0.05) is 30.3 Å². The van der Waals surface area contributed by atoms with Crippen molar-refractivity contribution in [3.8, 4) is 0 Å². The van der Waals surface area contributed by atoms with Crippen molar-refractivity contribution in [2.24, 2.45) is 0 Å². The van der Waals surface area contributed by atoms with Crippen molar-refractivity contribution >= 4 is 5.97 Å². The van der Waals surface area contributed by atoms with E-state index in [1.54, 1.807) is 0 Å². The van der Waals surface area contributed by atoms with E-state index >= 15 is 0 Å². The van der Waals surface area contributed by atoms with Gasteiger partial charge in [-0.2, -0.15) is 0 Å². The van der Waals surface area contributed by atoms with Gasteiger partial charge in [0.25, 0.3) is 0 Å². The zero-order valence-electron chi connectivity index (χ0n) is 11.0. The first-order valence-corrected chi connectivity index (χ1v) is 6.64. The lowest BCUT2D eigenvalue weighted by Crippen LogP contribution is -2.33. The van der Waals surface area contributed by atoms with E-state index in [4.69, 9.17) is 4.74 Å². The van der Waals surface area contributed by atoms with E-state index in [0.29, 0.717) is 12.5 Å². The second kappa shape index (κ2) is 6.55. The van der Waals surface area contributed by atoms with Crippen LogP contribution in [-0.4, -0.2) is 37.1 Å². The zero-order valence-corrected chi connectivity index (χ0v) is 11.0. The van der Waals surface area contributed by atoms with Crippen molar-refractivity contribution in [1.82, 2.24) is 4.90 Å². The van der Waals surface area contributed by atoms with Gasteiger partial charge in [0, 0.05) is 12.6 Å². The quantitative estimate of drug-likeness (QED) is 0.747. The minimum Gasteiger partial charge on any atom is -0.469 e. The Labute approximate surface area is 109 Å². The second-order valence-electron chi connectivity index (χ2n) is 4.85. The summed E-state index contributed by atoms with van der Waals surface area (Å²) in [5.74, 6) is -0.111. The fourth-order valence-electron chi connectivity index (χ4n) is 2.64. The number of likely N-dealkylation sites (tertiary alicyclic amines) is 1. The Balaban J connectivity index is 1.86. The molecule has 1 aliphatic heterocycles. The van der Waals surface area contributed by atoms with E-state index in [9.17, 15) is 4.79 Å². The van der Waals surface area contributed by atoms with Gasteiger partial charge in [-0.15, -0.1) is 0 Å². The lowest BCUT2D eigenvalue weighted by Gasteiger charge is -2.24. The van der Waals surface area contributed by atoms with Crippen LogP contribution in [0.15, 0.2) is 30.3 Å². The standard InChI is InChI=1S/C15H21NO2/c1-18-15(17)9-11-16-10-5-8-14(16)12-13-6-3-2-4-7-13/h2-4,6-7,14H,5,8-12H2,1H3. The first-order chi connectivity index (χ1) is 8.79. The average Bonchev–Trinajstić information content (AvgIpc) is 2.84. The first kappa shape index (κ1) is 13.1. The Morgan fingerprint density at radius 3 is 2.89 bits per heavy atom. The molecule has 3 nitrogen and oxygen atoms in total. The van der Waals surface area contributed by atoms with Crippen LogP contribution in [0.4, 0.5) is 0 Å². The van der Waals surface area contributed by atoms with Gasteiger partial charge >= 0.3 is 5.97 Å². The van der Waals surface area contributed by atoms with Crippen LogP contribution in [-0.2, 0) is 16.0 Å². The van der Waals surface area contributed by atoms with Gasteiger partial charge in [-0.05, 0) is 31.4 Å². The average molecular weight is 247 g/mol. The number of methoxy groups -OCH3 is 1. The highest BCUT2D eigenvalue weighted by Gasteiger charge is 2.24. The monoisotopic (exact) mass is 247 g/mol. The molecular weight excluding hydrogens is 226 g/mol. The molecule has 1 aromatic rings. The number of rotatable bonds is 5. The minimum absolute atomic E-state index is 0.111. The number of carbonyl (C=O) groups excluding carboxylic acids is 1. The van der Waals surface area contributed by atoms with Gasteiger partial charge in [-0.25, -0.2) is 0 Å². The largest absolute Gasteiger partial charge is 0.469 e. The maximum atomic E-state index is 11.2. The third-order valence-corrected chi connectivity index (χ3v) is 3.64. The molecule has 0 spiro atoms. The molecule has 0 radical (unpaired) electrons. The number of hydrogen-bond acceptors (Lipinski definition) is 3. The Bertz CT molecular complexity index is 377. The number of hydrogen-bond donors (Lipinski definition) is 0. The highest BCUT2D eigenvalue weighted by atomic mass is 16.5. The van der Waals surface area contributed by atoms with Crippen LogP contribution in [0, 0.1) is 0 Å². The highest BCUT2D eigenvalue weighted by Crippen LogP contribution is 2.21. The summed E-state index contributed by atoms with van der Waals surface area (Å²) in [5, 5.41) is 0. The molecule has 0 amide bonds. The molecule has 1 heterocycles. The maximum absolute atomic E-state index is 11.2. The summed E-state index contributed by atoms with van der Waals surface area (Å²) in [7, 11) is 1.45. The topological polar surface area (TPSA) is 29.5 Å². The van der Waals surface area contributed by atoms with Crippen LogP contribution < -0.4 is 0 Å². The van der Waals surface area contributed by atoms with Gasteiger partial charge in [0.15, 0.2) is 0 Å². The maximum Gasteiger partial charge on any atom is 0.306 e. The lowest BCUT2D eigenvalue weighted by molar-refractivity contribution is -0.141. The molecule has 1 atom stereocenters.